The molecule has 0 spiro atoms. The third-order valence-electron chi connectivity index (χ3n) is 3.31. The van der Waals surface area contributed by atoms with E-state index in [1.807, 2.05) is 20.8 Å². The second kappa shape index (κ2) is 7.27. The molecule has 5 heteroatoms. The van der Waals surface area contributed by atoms with Gasteiger partial charge in [0, 0.05) is 18.1 Å². The van der Waals surface area contributed by atoms with Crippen LogP contribution in [0.25, 0.3) is 0 Å². The highest BCUT2D eigenvalue weighted by Crippen LogP contribution is 2.22. The molecule has 3 N–H and O–H groups in total. The van der Waals surface area contributed by atoms with E-state index in [2.05, 4.69) is 24.5 Å². The van der Waals surface area contributed by atoms with Gasteiger partial charge < -0.3 is 20.5 Å². The highest BCUT2D eigenvalue weighted by Gasteiger charge is 2.32. The van der Waals surface area contributed by atoms with Crippen molar-refractivity contribution in [2.45, 2.75) is 77.6 Å². The van der Waals surface area contributed by atoms with Crippen molar-refractivity contribution in [3.8, 4) is 0 Å². The van der Waals surface area contributed by atoms with Crippen LogP contribution in [0.3, 0.4) is 0 Å². The van der Waals surface area contributed by atoms with E-state index in [1.165, 1.54) is 0 Å². The van der Waals surface area contributed by atoms with Crippen molar-refractivity contribution >= 4 is 6.09 Å². The lowest BCUT2D eigenvalue weighted by Crippen LogP contribution is -2.56. The zero-order valence-electron chi connectivity index (χ0n) is 13.4. The maximum absolute atomic E-state index is 11.6. The summed E-state index contributed by atoms with van der Waals surface area (Å²) in [4.78, 5) is 11.6. The van der Waals surface area contributed by atoms with Gasteiger partial charge in [-0.15, -0.1) is 0 Å². The molecule has 0 heterocycles. The molecule has 0 aromatic carbocycles. The average molecular weight is 286 g/mol. The summed E-state index contributed by atoms with van der Waals surface area (Å²) >= 11 is 0. The van der Waals surface area contributed by atoms with Crippen LogP contribution in [0.4, 0.5) is 4.79 Å². The molecule has 118 valence electrons. The molecule has 1 unspecified atom stereocenters. The largest absolute Gasteiger partial charge is 0.444 e. The molecule has 0 aromatic rings. The summed E-state index contributed by atoms with van der Waals surface area (Å²) in [7, 11) is 0. The Kier molecular flexibility index (Phi) is 6.27. The van der Waals surface area contributed by atoms with Gasteiger partial charge in [0.05, 0.1) is 6.61 Å². The SMILES string of the molecule is CC(C)CC(CO)NC1CC(NC(=O)OC(C)(C)C)C1. The number of nitrogens with one attached hydrogen (secondary N) is 2. The normalized spacial score (nSPS) is 24.1. The van der Waals surface area contributed by atoms with Crippen molar-refractivity contribution in [2.75, 3.05) is 6.61 Å². The number of carbonyl (C=O) groups excluding carboxylic acids is 1. The molecule has 1 amide bonds. The van der Waals surface area contributed by atoms with Crippen LogP contribution in [0, 0.1) is 5.92 Å². The van der Waals surface area contributed by atoms with Crippen molar-refractivity contribution in [1.29, 1.82) is 0 Å². The van der Waals surface area contributed by atoms with E-state index < -0.39 is 5.60 Å². The van der Waals surface area contributed by atoms with E-state index in [1.54, 1.807) is 0 Å². The molecular weight excluding hydrogens is 256 g/mol. The van der Waals surface area contributed by atoms with Crippen LogP contribution in [-0.4, -0.2) is 41.5 Å². The first kappa shape index (κ1) is 17.2. The van der Waals surface area contributed by atoms with Gasteiger partial charge in [-0.2, -0.15) is 0 Å². The van der Waals surface area contributed by atoms with Crippen LogP contribution in [0.5, 0.6) is 0 Å². The van der Waals surface area contributed by atoms with Gasteiger partial charge in [-0.3, -0.25) is 0 Å². The Balaban J connectivity index is 2.20. The monoisotopic (exact) mass is 286 g/mol. The fourth-order valence-electron chi connectivity index (χ4n) is 2.44. The lowest BCUT2D eigenvalue weighted by atomic mass is 9.86. The number of aliphatic hydroxyl groups excluding tert-OH is 1. The molecule has 5 nitrogen and oxygen atoms in total. The molecule has 1 fully saturated rings. The van der Waals surface area contributed by atoms with E-state index in [-0.39, 0.29) is 24.8 Å². The molecule has 20 heavy (non-hydrogen) atoms. The molecule has 0 aliphatic heterocycles. The van der Waals surface area contributed by atoms with Gasteiger partial charge >= 0.3 is 6.09 Å². The molecule has 1 saturated carbocycles. The zero-order chi connectivity index (χ0) is 15.3. The van der Waals surface area contributed by atoms with Crippen LogP contribution < -0.4 is 10.6 Å². The molecule has 1 atom stereocenters. The highest BCUT2D eigenvalue weighted by molar-refractivity contribution is 5.68. The Hall–Kier alpha value is -0.810. The van der Waals surface area contributed by atoms with Crippen LogP contribution >= 0.6 is 0 Å². The summed E-state index contributed by atoms with van der Waals surface area (Å²) in [6.45, 7) is 10.0. The minimum absolute atomic E-state index is 0.155. The second-order valence-corrected chi connectivity index (χ2v) is 7.19. The predicted molar refractivity (Wildman–Crippen MR) is 79.6 cm³/mol. The Morgan fingerprint density at radius 2 is 1.90 bits per heavy atom. The quantitative estimate of drug-likeness (QED) is 0.699. The van der Waals surface area contributed by atoms with Crippen molar-refractivity contribution in [3.05, 3.63) is 0 Å². The predicted octanol–water partition coefficient (Wildman–Crippen LogP) is 2.04. The van der Waals surface area contributed by atoms with Crippen molar-refractivity contribution in [2.24, 2.45) is 5.92 Å². The topological polar surface area (TPSA) is 70.6 Å². The summed E-state index contributed by atoms with van der Waals surface area (Å²) in [5.41, 5.74) is -0.454. The zero-order valence-corrected chi connectivity index (χ0v) is 13.4. The summed E-state index contributed by atoms with van der Waals surface area (Å²) in [6.07, 6.45) is 2.42. The average Bonchev–Trinajstić information content (AvgIpc) is 2.21. The van der Waals surface area contributed by atoms with Gasteiger partial charge in [-0.05, 0) is 46.0 Å². The highest BCUT2D eigenvalue weighted by atomic mass is 16.6. The lowest BCUT2D eigenvalue weighted by molar-refractivity contribution is 0.0458. The minimum atomic E-state index is -0.454. The van der Waals surface area contributed by atoms with E-state index in [0.717, 1.165) is 19.3 Å². The lowest BCUT2D eigenvalue weighted by Gasteiger charge is -2.39. The van der Waals surface area contributed by atoms with Crippen LogP contribution in [-0.2, 0) is 4.74 Å². The number of amides is 1. The number of ether oxygens (including phenoxy) is 1. The minimum Gasteiger partial charge on any atom is -0.444 e. The first-order chi connectivity index (χ1) is 9.19. The molecule has 0 bridgehead atoms. The molecule has 1 aliphatic carbocycles. The van der Waals surface area contributed by atoms with Crippen molar-refractivity contribution in [3.63, 3.8) is 0 Å². The van der Waals surface area contributed by atoms with Gasteiger partial charge in [0.25, 0.3) is 0 Å². The summed E-state index contributed by atoms with van der Waals surface area (Å²) < 4.78 is 5.22. The molecule has 1 rings (SSSR count). The van der Waals surface area contributed by atoms with E-state index in [9.17, 15) is 9.90 Å². The van der Waals surface area contributed by atoms with Gasteiger partial charge in [0.2, 0.25) is 0 Å². The summed E-state index contributed by atoms with van der Waals surface area (Å²) in [6, 6.07) is 0.717. The van der Waals surface area contributed by atoms with Crippen LogP contribution in [0.15, 0.2) is 0 Å². The number of hydrogen-bond acceptors (Lipinski definition) is 4. The molecule has 0 aromatic heterocycles. The Labute approximate surface area is 122 Å². The van der Waals surface area contributed by atoms with Gasteiger partial charge in [-0.1, -0.05) is 13.8 Å². The first-order valence-corrected chi connectivity index (χ1v) is 7.56. The standard InChI is InChI=1S/C15H30N2O3/c1-10(2)6-13(9-18)16-11-7-12(8-11)17-14(19)20-15(3,4)5/h10-13,16,18H,6-9H2,1-5H3,(H,17,19). The fourth-order valence-corrected chi connectivity index (χ4v) is 2.44. The van der Waals surface area contributed by atoms with Crippen LogP contribution in [0.2, 0.25) is 0 Å². The van der Waals surface area contributed by atoms with E-state index in [4.69, 9.17) is 4.74 Å². The maximum atomic E-state index is 11.6. The third kappa shape index (κ3) is 6.57. The summed E-state index contributed by atoms with van der Waals surface area (Å²) in [5, 5.41) is 15.6. The summed E-state index contributed by atoms with van der Waals surface area (Å²) in [5.74, 6) is 0.565. The smallest absolute Gasteiger partial charge is 0.407 e. The Morgan fingerprint density at radius 1 is 1.30 bits per heavy atom. The van der Waals surface area contributed by atoms with E-state index in [0.29, 0.717) is 12.0 Å². The van der Waals surface area contributed by atoms with Crippen LogP contribution in [0.1, 0.15) is 53.9 Å². The maximum Gasteiger partial charge on any atom is 0.407 e. The third-order valence-corrected chi connectivity index (χ3v) is 3.31. The number of carbonyl (C=O) groups is 1. The Bertz CT molecular complexity index is 307. The molecular formula is C15H30N2O3. The fraction of sp³-hybridized carbons (Fsp3) is 0.933. The van der Waals surface area contributed by atoms with Crippen molar-refractivity contribution in [1.82, 2.24) is 10.6 Å². The number of hydrogen-bond donors (Lipinski definition) is 3. The molecule has 0 radical (unpaired) electrons. The van der Waals surface area contributed by atoms with Gasteiger partial charge in [0.1, 0.15) is 5.60 Å². The van der Waals surface area contributed by atoms with Gasteiger partial charge in [-0.25, -0.2) is 4.79 Å². The van der Waals surface area contributed by atoms with Crippen molar-refractivity contribution < 1.29 is 14.6 Å². The molecule has 1 aliphatic rings. The molecule has 0 saturated heterocycles. The number of alkyl carbamates (subject to hydrolysis) is 1. The Morgan fingerprint density at radius 3 is 2.35 bits per heavy atom. The van der Waals surface area contributed by atoms with E-state index >= 15 is 0 Å². The number of aliphatic hydroxyl groups is 1. The first-order valence-electron chi connectivity index (χ1n) is 7.56. The number of rotatable bonds is 6. The second-order valence-electron chi connectivity index (χ2n) is 7.19. The van der Waals surface area contributed by atoms with Gasteiger partial charge in [0.15, 0.2) is 0 Å².